The molecule has 0 spiro atoms. The van der Waals surface area contributed by atoms with E-state index < -0.39 is 17.3 Å². The van der Waals surface area contributed by atoms with Gasteiger partial charge >= 0.3 is 5.63 Å². The maximum absolute atomic E-state index is 11.4. The van der Waals surface area contributed by atoms with Crippen molar-refractivity contribution < 1.29 is 23.8 Å². The summed E-state index contributed by atoms with van der Waals surface area (Å²) in [5.41, 5.74) is -0.912. The number of aliphatic hydroxyl groups is 2. The molecule has 0 aliphatic rings. The van der Waals surface area contributed by atoms with E-state index in [4.69, 9.17) is 13.6 Å². The summed E-state index contributed by atoms with van der Waals surface area (Å²) in [6, 6.07) is 6.24. The lowest BCUT2D eigenvalue weighted by molar-refractivity contribution is -0.0658. The number of hydrogen-bond donors (Lipinski definition) is 2. The Morgan fingerprint density at radius 3 is 2.68 bits per heavy atom. The molecule has 0 amide bonds. The SMILES string of the molecule is CC(C)(O)[C@@H](O)COc1c2ccoc2cc2oc(=O)ccc12. The van der Waals surface area contributed by atoms with Crippen LogP contribution in [0.25, 0.3) is 21.9 Å². The summed E-state index contributed by atoms with van der Waals surface area (Å²) in [6.07, 6.45) is 0.432. The molecule has 3 aromatic rings. The molecule has 0 saturated heterocycles. The highest BCUT2D eigenvalue weighted by molar-refractivity contribution is 6.01. The monoisotopic (exact) mass is 304 g/mol. The topological polar surface area (TPSA) is 93.0 Å². The first kappa shape index (κ1) is 14.6. The van der Waals surface area contributed by atoms with Crippen molar-refractivity contribution in [2.45, 2.75) is 25.6 Å². The van der Waals surface area contributed by atoms with E-state index in [1.807, 2.05) is 0 Å². The number of aliphatic hydroxyl groups excluding tert-OH is 1. The predicted octanol–water partition coefficient (Wildman–Crippen LogP) is 2.05. The molecule has 1 aromatic carbocycles. The van der Waals surface area contributed by atoms with Crippen LogP contribution in [0.5, 0.6) is 5.75 Å². The summed E-state index contributed by atoms with van der Waals surface area (Å²) >= 11 is 0. The van der Waals surface area contributed by atoms with Crippen molar-refractivity contribution in [1.29, 1.82) is 0 Å². The van der Waals surface area contributed by atoms with Crippen LogP contribution in [0.2, 0.25) is 0 Å². The maximum Gasteiger partial charge on any atom is 0.336 e. The molecule has 0 unspecified atom stereocenters. The number of rotatable bonds is 4. The van der Waals surface area contributed by atoms with Crippen LogP contribution in [0.15, 0.2) is 44.2 Å². The first-order valence-corrected chi connectivity index (χ1v) is 6.83. The third kappa shape index (κ3) is 2.58. The van der Waals surface area contributed by atoms with Gasteiger partial charge in [0.1, 0.15) is 29.6 Å². The highest BCUT2D eigenvalue weighted by Crippen LogP contribution is 2.35. The van der Waals surface area contributed by atoms with Gasteiger partial charge in [0.15, 0.2) is 0 Å². The van der Waals surface area contributed by atoms with Crippen molar-refractivity contribution in [3.05, 3.63) is 40.9 Å². The molecule has 2 heterocycles. The van der Waals surface area contributed by atoms with E-state index in [2.05, 4.69) is 0 Å². The van der Waals surface area contributed by atoms with Crippen molar-refractivity contribution in [2.24, 2.45) is 0 Å². The van der Waals surface area contributed by atoms with Gasteiger partial charge in [0.25, 0.3) is 0 Å². The molecule has 0 aliphatic heterocycles. The lowest BCUT2D eigenvalue weighted by Crippen LogP contribution is -2.40. The number of fused-ring (bicyclic) bond motifs is 2. The second-order valence-electron chi connectivity index (χ2n) is 5.68. The molecule has 22 heavy (non-hydrogen) atoms. The Bertz CT molecular complexity index is 868. The summed E-state index contributed by atoms with van der Waals surface area (Å²) in [4.78, 5) is 11.4. The Balaban J connectivity index is 2.08. The van der Waals surface area contributed by atoms with Crippen LogP contribution < -0.4 is 10.4 Å². The van der Waals surface area contributed by atoms with Crippen molar-refractivity contribution in [3.63, 3.8) is 0 Å². The minimum absolute atomic E-state index is 0.109. The van der Waals surface area contributed by atoms with Crippen LogP contribution in [0, 0.1) is 0 Å². The largest absolute Gasteiger partial charge is 0.489 e. The normalized spacial score (nSPS) is 13.6. The standard InChI is InChI=1S/C16H16O6/c1-16(2,19)13(17)8-21-15-9-3-4-14(18)22-12(9)7-11-10(15)5-6-20-11/h3-7,13,17,19H,8H2,1-2H3/t13-/m0/s1. The molecule has 3 rings (SSSR count). The third-order valence-electron chi connectivity index (χ3n) is 3.51. The van der Waals surface area contributed by atoms with Crippen LogP contribution in [0.1, 0.15) is 13.8 Å². The molecule has 2 N–H and O–H groups in total. The van der Waals surface area contributed by atoms with E-state index in [1.165, 1.54) is 26.2 Å². The van der Waals surface area contributed by atoms with Crippen LogP contribution in [-0.2, 0) is 0 Å². The van der Waals surface area contributed by atoms with Crippen LogP contribution >= 0.6 is 0 Å². The quantitative estimate of drug-likeness (QED) is 0.717. The molecule has 0 saturated carbocycles. The van der Waals surface area contributed by atoms with E-state index in [0.717, 1.165) is 0 Å². The third-order valence-corrected chi connectivity index (χ3v) is 3.51. The van der Waals surface area contributed by atoms with E-state index in [1.54, 1.807) is 18.2 Å². The lowest BCUT2D eigenvalue weighted by atomic mass is 10.0. The molecule has 1 atom stereocenters. The van der Waals surface area contributed by atoms with Crippen LogP contribution in [-0.4, -0.2) is 28.5 Å². The second-order valence-corrected chi connectivity index (χ2v) is 5.68. The van der Waals surface area contributed by atoms with Crippen molar-refractivity contribution in [3.8, 4) is 5.75 Å². The Morgan fingerprint density at radius 1 is 1.23 bits per heavy atom. The molecule has 0 bridgehead atoms. The van der Waals surface area contributed by atoms with Crippen molar-refractivity contribution in [2.75, 3.05) is 6.61 Å². The first-order valence-electron chi connectivity index (χ1n) is 6.83. The average molecular weight is 304 g/mol. The minimum atomic E-state index is -1.29. The predicted molar refractivity (Wildman–Crippen MR) is 80.1 cm³/mol. The zero-order valence-electron chi connectivity index (χ0n) is 12.2. The van der Waals surface area contributed by atoms with Gasteiger partial charge in [0.05, 0.1) is 22.6 Å². The van der Waals surface area contributed by atoms with E-state index >= 15 is 0 Å². The van der Waals surface area contributed by atoms with E-state index in [-0.39, 0.29) is 6.61 Å². The number of hydrogen-bond acceptors (Lipinski definition) is 6. The fourth-order valence-corrected chi connectivity index (χ4v) is 2.13. The lowest BCUT2D eigenvalue weighted by Gasteiger charge is -2.24. The average Bonchev–Trinajstić information content (AvgIpc) is 2.89. The van der Waals surface area contributed by atoms with E-state index in [0.29, 0.717) is 27.7 Å². The fraction of sp³-hybridized carbons (Fsp3) is 0.312. The van der Waals surface area contributed by atoms with Gasteiger partial charge in [-0.1, -0.05) is 0 Å². The van der Waals surface area contributed by atoms with Gasteiger partial charge in [0.2, 0.25) is 0 Å². The molecule has 2 aromatic heterocycles. The molecule has 6 heteroatoms. The van der Waals surface area contributed by atoms with Gasteiger partial charge in [-0.15, -0.1) is 0 Å². The molecular weight excluding hydrogens is 288 g/mol. The Labute approximate surface area is 125 Å². The van der Waals surface area contributed by atoms with Crippen molar-refractivity contribution in [1.82, 2.24) is 0 Å². The first-order chi connectivity index (χ1) is 10.4. The van der Waals surface area contributed by atoms with Gasteiger partial charge in [0, 0.05) is 12.1 Å². The number of furan rings is 1. The summed E-state index contributed by atoms with van der Waals surface area (Å²) in [5, 5.41) is 21.0. The Kier molecular flexibility index (Phi) is 3.42. The van der Waals surface area contributed by atoms with Gasteiger partial charge in [-0.05, 0) is 26.0 Å². The molecule has 116 valence electrons. The van der Waals surface area contributed by atoms with Crippen molar-refractivity contribution >= 4 is 21.9 Å². The van der Waals surface area contributed by atoms with Crippen LogP contribution in [0.3, 0.4) is 0 Å². The fourth-order valence-electron chi connectivity index (χ4n) is 2.13. The second kappa shape index (κ2) is 5.15. The Morgan fingerprint density at radius 2 is 1.95 bits per heavy atom. The molecule has 6 nitrogen and oxygen atoms in total. The Hall–Kier alpha value is -2.31. The van der Waals surface area contributed by atoms with Gasteiger partial charge in [-0.25, -0.2) is 4.79 Å². The van der Waals surface area contributed by atoms with Crippen LogP contribution in [0.4, 0.5) is 0 Å². The summed E-state index contributed by atoms with van der Waals surface area (Å²) < 4.78 is 16.2. The summed E-state index contributed by atoms with van der Waals surface area (Å²) in [7, 11) is 0. The maximum atomic E-state index is 11.4. The molecule has 0 aliphatic carbocycles. The smallest absolute Gasteiger partial charge is 0.336 e. The zero-order valence-corrected chi connectivity index (χ0v) is 12.2. The van der Waals surface area contributed by atoms with Gasteiger partial charge in [-0.2, -0.15) is 0 Å². The molecule has 0 radical (unpaired) electrons. The minimum Gasteiger partial charge on any atom is -0.489 e. The molecule has 0 fully saturated rings. The van der Waals surface area contributed by atoms with Gasteiger partial charge < -0.3 is 23.8 Å². The summed E-state index contributed by atoms with van der Waals surface area (Å²) in [5.74, 6) is 0.438. The highest BCUT2D eigenvalue weighted by Gasteiger charge is 2.26. The van der Waals surface area contributed by atoms with Gasteiger partial charge in [-0.3, -0.25) is 0 Å². The summed E-state index contributed by atoms with van der Waals surface area (Å²) in [6.45, 7) is 2.88. The highest BCUT2D eigenvalue weighted by atomic mass is 16.5. The zero-order chi connectivity index (χ0) is 15.9. The number of ether oxygens (including phenoxy) is 1. The molecular formula is C16H16O6. The van der Waals surface area contributed by atoms with E-state index in [9.17, 15) is 15.0 Å². The number of benzene rings is 1.